The Balaban J connectivity index is 1.30. The predicted molar refractivity (Wildman–Crippen MR) is 155 cm³/mol. The standard InChI is InChI=1S/C33H32O6S/c1-2-40-33-30(38-31(34)24-12-5-3-6-13-24)29(35-20-22-17-18-23-11-9-10-16-26(23)19-22)28-27(37-33)21-36-32(39-28)25-14-7-4-8-15-25/h3-19,27-30,32-33H,2,20-21H2,1H3/t27-,28-,29+,30-,32?,33+/m1/s1. The third-order valence-corrected chi connectivity index (χ3v) is 8.24. The Bertz CT molecular complexity index is 1410. The number of hydrogen-bond donors (Lipinski definition) is 0. The third-order valence-electron chi connectivity index (χ3n) is 7.20. The van der Waals surface area contributed by atoms with E-state index in [4.69, 9.17) is 23.7 Å². The maximum Gasteiger partial charge on any atom is 0.338 e. The monoisotopic (exact) mass is 556 g/mol. The first-order valence-electron chi connectivity index (χ1n) is 13.6. The molecule has 206 valence electrons. The van der Waals surface area contributed by atoms with Crippen molar-refractivity contribution in [3.05, 3.63) is 120 Å². The van der Waals surface area contributed by atoms with Crippen molar-refractivity contribution < 1.29 is 28.5 Å². The molecular weight excluding hydrogens is 524 g/mol. The van der Waals surface area contributed by atoms with Crippen LogP contribution in [0, 0.1) is 0 Å². The number of fused-ring (bicyclic) bond motifs is 2. The number of esters is 1. The fourth-order valence-electron chi connectivity index (χ4n) is 5.23. The number of hydrogen-bond acceptors (Lipinski definition) is 7. The molecular formula is C33H32O6S. The van der Waals surface area contributed by atoms with E-state index in [0.717, 1.165) is 22.3 Å². The van der Waals surface area contributed by atoms with Crippen LogP contribution in [0.1, 0.15) is 34.7 Å². The van der Waals surface area contributed by atoms with Gasteiger partial charge in [-0.15, -0.1) is 11.8 Å². The molecule has 0 aromatic heterocycles. The van der Waals surface area contributed by atoms with E-state index in [1.165, 1.54) is 5.39 Å². The molecule has 2 saturated heterocycles. The fourth-order valence-corrected chi connectivity index (χ4v) is 6.18. The van der Waals surface area contributed by atoms with Gasteiger partial charge in [0.15, 0.2) is 12.4 Å². The van der Waals surface area contributed by atoms with Crippen molar-refractivity contribution in [1.29, 1.82) is 0 Å². The smallest absolute Gasteiger partial charge is 0.338 e. The van der Waals surface area contributed by atoms with E-state index in [2.05, 4.69) is 37.3 Å². The van der Waals surface area contributed by atoms with Gasteiger partial charge in [0.05, 0.1) is 18.8 Å². The van der Waals surface area contributed by atoms with E-state index in [0.29, 0.717) is 18.8 Å². The number of rotatable bonds is 8. The van der Waals surface area contributed by atoms with Gasteiger partial charge in [0.25, 0.3) is 0 Å². The second-order valence-corrected chi connectivity index (χ2v) is 11.2. The van der Waals surface area contributed by atoms with Crippen LogP contribution >= 0.6 is 11.8 Å². The van der Waals surface area contributed by atoms with Gasteiger partial charge >= 0.3 is 5.97 Å². The highest BCUT2D eigenvalue weighted by molar-refractivity contribution is 7.99. The summed E-state index contributed by atoms with van der Waals surface area (Å²) in [5.74, 6) is 0.369. The Morgan fingerprint density at radius 1 is 0.850 bits per heavy atom. The normalized spacial score (nSPS) is 26.2. The summed E-state index contributed by atoms with van der Waals surface area (Å²) in [6, 6.07) is 33.4. The van der Waals surface area contributed by atoms with Gasteiger partial charge < -0.3 is 23.7 Å². The number of thioether (sulfide) groups is 1. The second kappa shape index (κ2) is 12.5. The lowest BCUT2D eigenvalue weighted by molar-refractivity contribution is -0.324. The van der Waals surface area contributed by atoms with Crippen LogP contribution in [0.15, 0.2) is 103 Å². The average molecular weight is 557 g/mol. The summed E-state index contributed by atoms with van der Waals surface area (Å²) < 4.78 is 31.9. The van der Waals surface area contributed by atoms with Crippen LogP contribution in [0.25, 0.3) is 10.8 Å². The SMILES string of the molecule is CCS[C@@H]1O[C@@H]2COC(c3ccccc3)O[C@H]2[C@H](OCc2ccc3ccccc3c2)[C@H]1OC(=O)c1ccccc1. The fraction of sp³-hybridized carbons (Fsp3) is 0.303. The first kappa shape index (κ1) is 27.0. The molecule has 4 aromatic rings. The van der Waals surface area contributed by atoms with Crippen molar-refractivity contribution in [2.24, 2.45) is 0 Å². The van der Waals surface area contributed by atoms with Gasteiger partial charge in [-0.25, -0.2) is 4.79 Å². The molecule has 0 amide bonds. The summed E-state index contributed by atoms with van der Waals surface area (Å²) in [6.07, 6.45) is -2.69. The Kier molecular flexibility index (Phi) is 8.46. The molecule has 4 aromatic carbocycles. The first-order chi connectivity index (χ1) is 19.7. The molecule has 0 bridgehead atoms. The van der Waals surface area contributed by atoms with Crippen LogP contribution in [0.3, 0.4) is 0 Å². The van der Waals surface area contributed by atoms with Crippen molar-refractivity contribution in [2.45, 2.75) is 49.7 Å². The molecule has 40 heavy (non-hydrogen) atoms. The number of ether oxygens (including phenoxy) is 5. The molecule has 6 rings (SSSR count). The third kappa shape index (κ3) is 5.94. The second-order valence-electron chi connectivity index (χ2n) is 9.87. The minimum absolute atomic E-state index is 0.335. The van der Waals surface area contributed by atoms with Crippen LogP contribution in [0.4, 0.5) is 0 Å². The van der Waals surface area contributed by atoms with E-state index >= 15 is 0 Å². The summed E-state index contributed by atoms with van der Waals surface area (Å²) in [4.78, 5) is 13.3. The van der Waals surface area contributed by atoms with Crippen molar-refractivity contribution >= 4 is 28.5 Å². The summed E-state index contributed by atoms with van der Waals surface area (Å²) >= 11 is 1.59. The maximum absolute atomic E-state index is 13.3. The van der Waals surface area contributed by atoms with E-state index < -0.39 is 36.0 Å². The van der Waals surface area contributed by atoms with Gasteiger partial charge in [-0.3, -0.25) is 0 Å². The molecule has 1 unspecified atom stereocenters. The Hall–Kier alpha value is -3.20. The molecule has 2 aliphatic heterocycles. The molecule has 6 nitrogen and oxygen atoms in total. The van der Waals surface area contributed by atoms with Crippen molar-refractivity contribution in [1.82, 2.24) is 0 Å². The predicted octanol–water partition coefficient (Wildman–Crippen LogP) is 6.54. The Morgan fingerprint density at radius 3 is 2.35 bits per heavy atom. The van der Waals surface area contributed by atoms with Crippen LogP contribution in [0.5, 0.6) is 0 Å². The minimum atomic E-state index is -0.686. The van der Waals surface area contributed by atoms with Gasteiger partial charge in [-0.05, 0) is 40.3 Å². The van der Waals surface area contributed by atoms with Crippen molar-refractivity contribution in [2.75, 3.05) is 12.4 Å². The highest BCUT2D eigenvalue weighted by atomic mass is 32.2. The zero-order valence-electron chi connectivity index (χ0n) is 22.3. The summed E-state index contributed by atoms with van der Waals surface area (Å²) in [7, 11) is 0. The average Bonchev–Trinajstić information content (AvgIpc) is 3.01. The summed E-state index contributed by atoms with van der Waals surface area (Å²) in [5.41, 5.74) is 1.99. The van der Waals surface area contributed by atoms with Gasteiger partial charge in [-0.2, -0.15) is 0 Å². The zero-order chi connectivity index (χ0) is 27.3. The topological polar surface area (TPSA) is 63.2 Å². The Labute approximate surface area is 238 Å². The molecule has 0 spiro atoms. The number of carbonyl (C=O) groups is 1. The van der Waals surface area contributed by atoms with Crippen LogP contribution < -0.4 is 0 Å². The van der Waals surface area contributed by atoms with E-state index in [1.54, 1.807) is 23.9 Å². The molecule has 2 fully saturated rings. The molecule has 7 heteroatoms. The molecule has 0 radical (unpaired) electrons. The van der Waals surface area contributed by atoms with Gasteiger partial charge in [-0.1, -0.05) is 91.9 Å². The highest BCUT2D eigenvalue weighted by Gasteiger charge is 2.52. The van der Waals surface area contributed by atoms with Gasteiger partial charge in [0.1, 0.15) is 23.7 Å². The summed E-state index contributed by atoms with van der Waals surface area (Å²) in [5, 5.41) is 2.32. The molecule has 0 aliphatic carbocycles. The quantitative estimate of drug-likeness (QED) is 0.228. The van der Waals surface area contributed by atoms with Crippen LogP contribution in [-0.2, 0) is 30.3 Å². The molecule has 2 aliphatic rings. The van der Waals surface area contributed by atoms with E-state index in [1.807, 2.05) is 60.7 Å². The lowest BCUT2D eigenvalue weighted by Crippen LogP contribution is -2.62. The molecule has 0 saturated carbocycles. The van der Waals surface area contributed by atoms with E-state index in [-0.39, 0.29) is 6.10 Å². The molecule has 2 heterocycles. The molecule has 6 atom stereocenters. The number of benzene rings is 4. The van der Waals surface area contributed by atoms with Gasteiger partial charge in [0, 0.05) is 5.56 Å². The van der Waals surface area contributed by atoms with Gasteiger partial charge in [0.2, 0.25) is 0 Å². The van der Waals surface area contributed by atoms with Crippen LogP contribution in [0.2, 0.25) is 0 Å². The number of carbonyl (C=O) groups excluding carboxylic acids is 1. The highest BCUT2D eigenvalue weighted by Crippen LogP contribution is 2.39. The lowest BCUT2D eigenvalue weighted by Gasteiger charge is -2.48. The largest absolute Gasteiger partial charge is 0.452 e. The maximum atomic E-state index is 13.3. The first-order valence-corrected chi connectivity index (χ1v) is 14.7. The zero-order valence-corrected chi connectivity index (χ0v) is 23.1. The van der Waals surface area contributed by atoms with E-state index in [9.17, 15) is 4.79 Å². The van der Waals surface area contributed by atoms with Crippen molar-refractivity contribution in [3.63, 3.8) is 0 Å². The Morgan fingerprint density at radius 2 is 1.57 bits per heavy atom. The lowest BCUT2D eigenvalue weighted by atomic mass is 9.98. The molecule has 0 N–H and O–H groups in total. The van der Waals surface area contributed by atoms with Crippen molar-refractivity contribution in [3.8, 4) is 0 Å². The van der Waals surface area contributed by atoms with Crippen LogP contribution in [-0.4, -0.2) is 48.2 Å². The minimum Gasteiger partial charge on any atom is -0.452 e. The summed E-state index contributed by atoms with van der Waals surface area (Å²) in [6.45, 7) is 2.74.